The molecule has 0 aromatic carbocycles. The molecule has 0 spiro atoms. The summed E-state index contributed by atoms with van der Waals surface area (Å²) in [7, 11) is 0. The van der Waals surface area contributed by atoms with Gasteiger partial charge < -0.3 is 4.74 Å². The number of halogens is 1. The standard InChI is InChI=1S/C19H26IN3O/c1-12-14(6-7-17(20)19(12,2)3)10-24-16-8-18-22-21-11-23(18)9-15(16)13-4-5-13/h8-9,11-14,17H,4-7,10H2,1-3H3/t12-,14+,17+/m0/s1. The number of rotatable bonds is 4. The molecule has 2 fully saturated rings. The minimum atomic E-state index is 0.378. The number of ether oxygens (including phenoxy) is 1. The summed E-state index contributed by atoms with van der Waals surface area (Å²) in [6.45, 7) is 8.05. The maximum absolute atomic E-state index is 6.37. The van der Waals surface area contributed by atoms with Crippen molar-refractivity contribution in [2.24, 2.45) is 17.3 Å². The van der Waals surface area contributed by atoms with E-state index >= 15 is 0 Å². The van der Waals surface area contributed by atoms with Crippen molar-refractivity contribution >= 4 is 28.2 Å². The van der Waals surface area contributed by atoms with Gasteiger partial charge in [0.05, 0.1) is 6.61 Å². The maximum Gasteiger partial charge on any atom is 0.164 e. The summed E-state index contributed by atoms with van der Waals surface area (Å²) in [4.78, 5) is 0. The summed E-state index contributed by atoms with van der Waals surface area (Å²) in [6.07, 6.45) is 9.05. The van der Waals surface area contributed by atoms with Gasteiger partial charge in [-0.2, -0.15) is 0 Å². The van der Waals surface area contributed by atoms with Crippen LogP contribution in [0.15, 0.2) is 18.6 Å². The van der Waals surface area contributed by atoms with Crippen molar-refractivity contribution in [2.75, 3.05) is 6.61 Å². The number of alkyl halides is 1. The minimum absolute atomic E-state index is 0.378. The fourth-order valence-corrected chi connectivity index (χ4v) is 4.92. The van der Waals surface area contributed by atoms with Crippen molar-refractivity contribution in [1.82, 2.24) is 14.6 Å². The van der Waals surface area contributed by atoms with Gasteiger partial charge in [0.25, 0.3) is 0 Å². The first-order valence-electron chi connectivity index (χ1n) is 9.07. The highest BCUT2D eigenvalue weighted by Gasteiger charge is 2.42. The lowest BCUT2D eigenvalue weighted by atomic mass is 9.65. The van der Waals surface area contributed by atoms with Gasteiger partial charge in [-0.1, -0.05) is 43.4 Å². The van der Waals surface area contributed by atoms with E-state index < -0.39 is 0 Å². The zero-order valence-corrected chi connectivity index (χ0v) is 16.9. The first kappa shape index (κ1) is 16.6. The van der Waals surface area contributed by atoms with Crippen LogP contribution in [0.3, 0.4) is 0 Å². The Hall–Kier alpha value is -0.850. The van der Waals surface area contributed by atoms with Crippen LogP contribution < -0.4 is 4.74 Å². The fourth-order valence-electron chi connectivity index (χ4n) is 3.99. The second-order valence-corrected chi connectivity index (χ2v) is 9.69. The Kier molecular flexibility index (Phi) is 4.25. The zero-order valence-electron chi connectivity index (χ0n) is 14.7. The van der Waals surface area contributed by atoms with Crippen LogP contribution in [0.2, 0.25) is 0 Å². The quantitative estimate of drug-likeness (QED) is 0.505. The van der Waals surface area contributed by atoms with Crippen molar-refractivity contribution in [3.05, 3.63) is 24.2 Å². The number of hydrogen-bond acceptors (Lipinski definition) is 3. The highest BCUT2D eigenvalue weighted by molar-refractivity contribution is 14.1. The van der Waals surface area contributed by atoms with Gasteiger partial charge in [0.1, 0.15) is 12.1 Å². The first-order chi connectivity index (χ1) is 11.5. The van der Waals surface area contributed by atoms with Crippen LogP contribution in [0.5, 0.6) is 5.75 Å². The van der Waals surface area contributed by atoms with Crippen LogP contribution in [-0.4, -0.2) is 25.1 Å². The third kappa shape index (κ3) is 2.93. The predicted octanol–water partition coefficient (Wildman–Crippen LogP) is 4.86. The molecule has 4 rings (SSSR count). The summed E-state index contributed by atoms with van der Waals surface area (Å²) < 4.78 is 9.14. The summed E-state index contributed by atoms with van der Waals surface area (Å²) >= 11 is 2.64. The molecule has 5 heteroatoms. The molecule has 0 saturated heterocycles. The molecule has 2 aromatic rings. The smallest absolute Gasteiger partial charge is 0.164 e. The van der Waals surface area contributed by atoms with Gasteiger partial charge in [0.2, 0.25) is 0 Å². The largest absolute Gasteiger partial charge is 0.493 e. The third-order valence-corrected chi connectivity index (χ3v) is 8.60. The summed E-state index contributed by atoms with van der Waals surface area (Å²) in [6, 6.07) is 2.07. The topological polar surface area (TPSA) is 39.4 Å². The van der Waals surface area contributed by atoms with E-state index in [1.807, 2.05) is 4.40 Å². The first-order valence-corrected chi connectivity index (χ1v) is 10.3. The molecule has 2 aromatic heterocycles. The SMILES string of the molecule is C[C@H]1[C@@H](COc2cc3nncn3cc2C2CC2)CC[C@@H](I)C1(C)C. The summed E-state index contributed by atoms with van der Waals surface area (Å²) in [5.74, 6) is 2.99. The van der Waals surface area contributed by atoms with E-state index in [0.717, 1.165) is 21.9 Å². The number of pyridine rings is 1. The molecule has 0 bridgehead atoms. The lowest BCUT2D eigenvalue weighted by Gasteiger charge is -2.45. The van der Waals surface area contributed by atoms with Crippen molar-refractivity contribution in [3.8, 4) is 5.75 Å². The molecule has 130 valence electrons. The van der Waals surface area contributed by atoms with E-state index in [4.69, 9.17) is 4.74 Å². The van der Waals surface area contributed by atoms with E-state index in [2.05, 4.69) is 65.8 Å². The molecule has 2 aliphatic carbocycles. The normalized spacial score (nSPS) is 29.8. The third-order valence-electron chi connectivity index (χ3n) is 6.37. The average molecular weight is 439 g/mol. The van der Waals surface area contributed by atoms with Crippen LogP contribution >= 0.6 is 22.6 Å². The minimum Gasteiger partial charge on any atom is -0.493 e. The van der Waals surface area contributed by atoms with E-state index in [-0.39, 0.29) is 0 Å². The van der Waals surface area contributed by atoms with Gasteiger partial charge in [0.15, 0.2) is 5.65 Å². The molecule has 2 aliphatic rings. The van der Waals surface area contributed by atoms with Gasteiger partial charge >= 0.3 is 0 Å². The van der Waals surface area contributed by atoms with Crippen molar-refractivity contribution < 1.29 is 4.74 Å². The second kappa shape index (κ2) is 6.15. The fraction of sp³-hybridized carbons (Fsp3) is 0.684. The molecule has 4 nitrogen and oxygen atoms in total. The van der Waals surface area contributed by atoms with E-state index in [1.54, 1.807) is 6.33 Å². The molecule has 0 unspecified atom stereocenters. The Balaban J connectivity index is 1.53. The van der Waals surface area contributed by atoms with Crippen molar-refractivity contribution in [3.63, 3.8) is 0 Å². The van der Waals surface area contributed by atoms with Gasteiger partial charge in [-0.15, -0.1) is 10.2 Å². The number of nitrogens with zero attached hydrogens (tertiary/aromatic N) is 3. The molecule has 0 radical (unpaired) electrons. The van der Waals surface area contributed by atoms with E-state index in [9.17, 15) is 0 Å². The van der Waals surface area contributed by atoms with Gasteiger partial charge in [-0.3, -0.25) is 4.40 Å². The Morgan fingerprint density at radius 3 is 2.83 bits per heavy atom. The van der Waals surface area contributed by atoms with Crippen LogP contribution in [0, 0.1) is 17.3 Å². The average Bonchev–Trinajstić information content (AvgIpc) is 3.30. The highest BCUT2D eigenvalue weighted by atomic mass is 127. The molecule has 3 atom stereocenters. The Labute approximate surface area is 157 Å². The lowest BCUT2D eigenvalue weighted by Crippen LogP contribution is -2.42. The van der Waals surface area contributed by atoms with Crippen molar-refractivity contribution in [1.29, 1.82) is 0 Å². The maximum atomic E-state index is 6.37. The Morgan fingerprint density at radius 1 is 1.29 bits per heavy atom. The molecular weight excluding hydrogens is 413 g/mol. The molecule has 0 aliphatic heterocycles. The monoisotopic (exact) mass is 439 g/mol. The van der Waals surface area contributed by atoms with Crippen LogP contribution in [0.1, 0.15) is 57.9 Å². The van der Waals surface area contributed by atoms with Crippen molar-refractivity contribution in [2.45, 2.75) is 56.3 Å². The predicted molar refractivity (Wildman–Crippen MR) is 104 cm³/mol. The summed E-state index contributed by atoms with van der Waals surface area (Å²) in [5.41, 5.74) is 2.58. The molecule has 2 saturated carbocycles. The molecular formula is C19H26IN3O. The number of fused-ring (bicyclic) bond motifs is 1. The van der Waals surface area contributed by atoms with Gasteiger partial charge in [-0.05, 0) is 48.9 Å². The number of hydrogen-bond donors (Lipinski definition) is 0. The molecule has 0 amide bonds. The van der Waals surface area contributed by atoms with Crippen LogP contribution in [0.25, 0.3) is 5.65 Å². The highest BCUT2D eigenvalue weighted by Crippen LogP contribution is 2.48. The Morgan fingerprint density at radius 2 is 2.08 bits per heavy atom. The van der Waals surface area contributed by atoms with Crippen LogP contribution in [-0.2, 0) is 0 Å². The van der Waals surface area contributed by atoms with Gasteiger partial charge in [0, 0.05) is 21.8 Å². The molecule has 0 N–H and O–H groups in total. The van der Waals surface area contributed by atoms with E-state index in [0.29, 0.717) is 23.2 Å². The van der Waals surface area contributed by atoms with Crippen LogP contribution in [0.4, 0.5) is 0 Å². The van der Waals surface area contributed by atoms with Gasteiger partial charge in [-0.25, -0.2) is 0 Å². The van der Waals surface area contributed by atoms with E-state index in [1.165, 1.54) is 31.2 Å². The summed E-state index contributed by atoms with van der Waals surface area (Å²) in [5, 5.41) is 8.18. The Bertz CT molecular complexity index is 737. The second-order valence-electron chi connectivity index (χ2n) is 8.19. The molecule has 2 heterocycles. The lowest BCUT2D eigenvalue weighted by molar-refractivity contribution is 0.0670. The zero-order chi connectivity index (χ0) is 16.9. The molecule has 24 heavy (non-hydrogen) atoms. The number of aromatic nitrogens is 3.